The number of nitrogens with zero attached hydrogens (tertiary/aromatic N) is 4. The fourth-order valence-corrected chi connectivity index (χ4v) is 4.32. The van der Waals surface area contributed by atoms with Crippen LogP contribution in [0.3, 0.4) is 0 Å². The smallest absolute Gasteiger partial charge is 0.184 e. The highest BCUT2D eigenvalue weighted by Crippen LogP contribution is 2.48. The Morgan fingerprint density at radius 3 is 2.79 bits per heavy atom. The Hall–Kier alpha value is -3.68. The molecule has 0 bridgehead atoms. The molecule has 1 aliphatic carbocycles. The number of fused-ring (bicyclic) bond motifs is 1. The lowest BCUT2D eigenvalue weighted by Crippen LogP contribution is -2.34. The molecule has 7 nitrogen and oxygen atoms in total. The number of nitrogens with one attached hydrogen (secondary N) is 2. The molecule has 3 aromatic rings. The van der Waals surface area contributed by atoms with E-state index < -0.39 is 5.41 Å². The number of nitrogens with two attached hydrogens (primary N) is 1. The first-order chi connectivity index (χ1) is 15.8. The van der Waals surface area contributed by atoms with Crippen LogP contribution in [0, 0.1) is 5.82 Å². The third-order valence-corrected chi connectivity index (χ3v) is 6.60. The Labute approximate surface area is 192 Å². The van der Waals surface area contributed by atoms with Crippen LogP contribution in [0.2, 0.25) is 0 Å². The summed E-state index contributed by atoms with van der Waals surface area (Å²) < 4.78 is 16.0. The van der Waals surface area contributed by atoms with Crippen molar-refractivity contribution >= 4 is 11.6 Å². The van der Waals surface area contributed by atoms with E-state index in [0.29, 0.717) is 41.3 Å². The highest BCUT2D eigenvalue weighted by Gasteiger charge is 2.45. The van der Waals surface area contributed by atoms with Gasteiger partial charge in [-0.05, 0) is 38.3 Å². The normalized spacial score (nSPS) is 19.3. The van der Waals surface area contributed by atoms with E-state index in [4.69, 9.17) is 10.7 Å². The van der Waals surface area contributed by atoms with E-state index in [1.165, 1.54) is 6.07 Å². The average molecular weight is 446 g/mol. The number of nitrogen functional groups attached to an aromatic ring is 1. The number of aromatic nitrogens is 4. The third-order valence-electron chi connectivity index (χ3n) is 6.60. The van der Waals surface area contributed by atoms with Gasteiger partial charge in [-0.2, -0.15) is 5.10 Å². The van der Waals surface area contributed by atoms with Gasteiger partial charge in [0.15, 0.2) is 5.82 Å². The molecule has 3 heterocycles. The number of hydrogen-bond donors (Lipinski definition) is 3. The highest BCUT2D eigenvalue weighted by atomic mass is 19.1. The minimum Gasteiger partial charge on any atom is -0.385 e. The number of rotatable bonds is 7. The molecule has 1 atom stereocenters. The van der Waals surface area contributed by atoms with Gasteiger partial charge in [-0.25, -0.2) is 14.4 Å². The van der Waals surface area contributed by atoms with Crippen molar-refractivity contribution in [1.29, 1.82) is 0 Å². The molecule has 0 amide bonds. The van der Waals surface area contributed by atoms with Crippen LogP contribution in [0.5, 0.6) is 0 Å². The molecule has 0 saturated heterocycles. The van der Waals surface area contributed by atoms with E-state index in [1.54, 1.807) is 16.8 Å². The molecule has 1 saturated carbocycles. The molecular formula is C25H28FN7. The first-order valence-electron chi connectivity index (χ1n) is 11.2. The quantitative estimate of drug-likeness (QED) is 0.506. The van der Waals surface area contributed by atoms with Crippen LogP contribution in [-0.4, -0.2) is 25.8 Å². The molecule has 8 heteroatoms. The summed E-state index contributed by atoms with van der Waals surface area (Å²) in [6.45, 7) is 12.9. The Bertz CT molecular complexity index is 1270. The molecule has 1 aromatic carbocycles. The van der Waals surface area contributed by atoms with Gasteiger partial charge in [0.05, 0.1) is 17.5 Å². The van der Waals surface area contributed by atoms with E-state index in [9.17, 15) is 4.39 Å². The summed E-state index contributed by atoms with van der Waals surface area (Å²) in [5.41, 5.74) is 10.4. The van der Waals surface area contributed by atoms with Crippen LogP contribution in [0.1, 0.15) is 43.5 Å². The summed E-state index contributed by atoms with van der Waals surface area (Å²) in [5.74, 6) is 1.14. The molecule has 1 aliphatic heterocycles. The monoisotopic (exact) mass is 445 g/mol. The third kappa shape index (κ3) is 3.55. The molecule has 4 N–H and O–H groups in total. The second kappa shape index (κ2) is 7.72. The second-order valence-corrected chi connectivity index (χ2v) is 8.91. The van der Waals surface area contributed by atoms with Crippen LogP contribution in [0.15, 0.2) is 54.9 Å². The fraction of sp³-hybridized carbons (Fsp3) is 0.320. The van der Waals surface area contributed by atoms with Crippen LogP contribution in [0.4, 0.5) is 16.0 Å². The van der Waals surface area contributed by atoms with Gasteiger partial charge < -0.3 is 16.4 Å². The molecule has 2 aliphatic rings. The van der Waals surface area contributed by atoms with E-state index >= 15 is 0 Å². The standard InChI is InChI=1S/C25H28FN7/c1-5-18-12-20(32-33(18)13-16-8-6-7-9-19(16)26)23-30-22(27)21-24(31-23)29-15(3)25(21,4)14(2)28-17-10-11-17/h6-9,12,17,28H,2-3,5,10-11,13H2,1,4H3,(H3,27,29,30,31). The van der Waals surface area contributed by atoms with Crippen molar-refractivity contribution in [3.8, 4) is 11.5 Å². The zero-order chi connectivity index (χ0) is 23.3. The van der Waals surface area contributed by atoms with Gasteiger partial charge in [0, 0.05) is 28.7 Å². The zero-order valence-electron chi connectivity index (χ0n) is 19.0. The number of hydrogen-bond acceptors (Lipinski definition) is 6. The van der Waals surface area contributed by atoms with Gasteiger partial charge in [0.1, 0.15) is 23.1 Å². The SMILES string of the molecule is C=C1Nc2nc(-c3cc(CC)n(Cc4ccccc4F)n3)nc(N)c2C1(C)C(=C)NC1CC1. The van der Waals surface area contributed by atoms with Crippen LogP contribution >= 0.6 is 0 Å². The van der Waals surface area contributed by atoms with E-state index in [1.807, 2.05) is 26.0 Å². The van der Waals surface area contributed by atoms with Crippen molar-refractivity contribution in [3.05, 3.63) is 77.5 Å². The Balaban J connectivity index is 1.51. The Morgan fingerprint density at radius 1 is 1.33 bits per heavy atom. The lowest BCUT2D eigenvalue weighted by Gasteiger charge is -2.29. The Morgan fingerprint density at radius 2 is 2.09 bits per heavy atom. The summed E-state index contributed by atoms with van der Waals surface area (Å²) in [7, 11) is 0. The number of aryl methyl sites for hydroxylation is 1. The van der Waals surface area contributed by atoms with Crippen molar-refractivity contribution in [2.24, 2.45) is 0 Å². The number of benzene rings is 1. The molecule has 33 heavy (non-hydrogen) atoms. The molecule has 0 spiro atoms. The predicted octanol–water partition coefficient (Wildman–Crippen LogP) is 4.13. The molecular weight excluding hydrogens is 417 g/mol. The minimum absolute atomic E-state index is 0.253. The highest BCUT2D eigenvalue weighted by molar-refractivity contribution is 5.75. The van der Waals surface area contributed by atoms with Gasteiger partial charge in [-0.15, -0.1) is 0 Å². The molecule has 2 aromatic heterocycles. The number of anilines is 2. The van der Waals surface area contributed by atoms with Gasteiger partial charge in [0.25, 0.3) is 0 Å². The van der Waals surface area contributed by atoms with Crippen LogP contribution in [-0.2, 0) is 18.4 Å². The lowest BCUT2D eigenvalue weighted by atomic mass is 9.80. The van der Waals surface area contributed by atoms with Crippen molar-refractivity contribution in [1.82, 2.24) is 25.1 Å². The van der Waals surface area contributed by atoms with Crippen LogP contribution < -0.4 is 16.4 Å². The van der Waals surface area contributed by atoms with Crippen molar-refractivity contribution in [2.75, 3.05) is 11.1 Å². The summed E-state index contributed by atoms with van der Waals surface area (Å²) in [4.78, 5) is 9.34. The summed E-state index contributed by atoms with van der Waals surface area (Å²) in [5, 5.41) is 11.4. The minimum atomic E-state index is -0.612. The molecule has 1 unspecified atom stereocenters. The first-order valence-corrected chi connectivity index (χ1v) is 11.2. The van der Waals surface area contributed by atoms with Crippen LogP contribution in [0.25, 0.3) is 11.5 Å². The molecule has 0 radical (unpaired) electrons. The van der Waals surface area contributed by atoms with Crippen molar-refractivity contribution in [3.63, 3.8) is 0 Å². The maximum atomic E-state index is 14.2. The maximum Gasteiger partial charge on any atom is 0.184 e. The molecule has 1 fully saturated rings. The average Bonchev–Trinajstić information content (AvgIpc) is 3.43. The van der Waals surface area contributed by atoms with E-state index in [2.05, 4.69) is 33.9 Å². The van der Waals surface area contributed by atoms with E-state index in [-0.39, 0.29) is 5.82 Å². The predicted molar refractivity (Wildman–Crippen MR) is 128 cm³/mol. The lowest BCUT2D eigenvalue weighted by molar-refractivity contribution is 0.577. The van der Waals surface area contributed by atoms with Gasteiger partial charge in [-0.1, -0.05) is 38.3 Å². The van der Waals surface area contributed by atoms with E-state index in [0.717, 1.165) is 41.9 Å². The first kappa shape index (κ1) is 21.2. The summed E-state index contributed by atoms with van der Waals surface area (Å²) in [6, 6.07) is 9.10. The molecule has 5 rings (SSSR count). The zero-order valence-corrected chi connectivity index (χ0v) is 19.0. The summed E-state index contributed by atoms with van der Waals surface area (Å²) >= 11 is 0. The number of halogens is 1. The van der Waals surface area contributed by atoms with Gasteiger partial charge >= 0.3 is 0 Å². The molecule has 170 valence electrons. The van der Waals surface area contributed by atoms with Crippen molar-refractivity contribution in [2.45, 2.75) is 51.1 Å². The largest absolute Gasteiger partial charge is 0.385 e. The summed E-state index contributed by atoms with van der Waals surface area (Å²) in [6.07, 6.45) is 3.02. The topological polar surface area (TPSA) is 93.7 Å². The maximum absolute atomic E-state index is 14.2. The van der Waals surface area contributed by atoms with Crippen molar-refractivity contribution < 1.29 is 4.39 Å². The Kier molecular flexibility index (Phi) is 4.96. The fourth-order valence-electron chi connectivity index (χ4n) is 4.32. The second-order valence-electron chi connectivity index (χ2n) is 8.91. The van der Waals surface area contributed by atoms with Gasteiger partial charge in [0.2, 0.25) is 0 Å². The van der Waals surface area contributed by atoms with Gasteiger partial charge in [-0.3, -0.25) is 4.68 Å².